The Morgan fingerprint density at radius 1 is 1.17 bits per heavy atom. The maximum Gasteiger partial charge on any atom is 0.322 e. The molecule has 1 aromatic carbocycles. The quantitative estimate of drug-likeness (QED) is 0.903. The minimum absolute atomic E-state index is 0.107. The van der Waals surface area contributed by atoms with Crippen molar-refractivity contribution in [2.24, 2.45) is 0 Å². The van der Waals surface area contributed by atoms with Gasteiger partial charge in [-0.2, -0.15) is 4.98 Å². The standard InChI is InChI=1S/C13H17N3O2/c1-13(2,3)15-12-14-11(16-18-12)9-5-7-10(17-4)8-6-9/h5-8H,1-4H3,(H,14,15,16). The van der Waals surface area contributed by atoms with Crippen molar-refractivity contribution in [3.05, 3.63) is 24.3 Å². The molecule has 0 aliphatic carbocycles. The van der Waals surface area contributed by atoms with Gasteiger partial charge in [-0.05, 0) is 45.0 Å². The third-order valence-electron chi connectivity index (χ3n) is 2.26. The third-order valence-corrected chi connectivity index (χ3v) is 2.26. The second-order valence-electron chi connectivity index (χ2n) is 5.03. The largest absolute Gasteiger partial charge is 0.497 e. The number of nitrogens with zero attached hydrogens (tertiary/aromatic N) is 2. The maximum atomic E-state index is 5.15. The zero-order valence-corrected chi connectivity index (χ0v) is 11.0. The van der Waals surface area contributed by atoms with Gasteiger partial charge in [0.2, 0.25) is 5.82 Å². The minimum Gasteiger partial charge on any atom is -0.497 e. The molecule has 2 aromatic rings. The lowest BCUT2D eigenvalue weighted by Gasteiger charge is -2.17. The highest BCUT2D eigenvalue weighted by atomic mass is 16.5. The first kappa shape index (κ1) is 12.4. The lowest BCUT2D eigenvalue weighted by Crippen LogP contribution is -2.26. The van der Waals surface area contributed by atoms with Gasteiger partial charge in [-0.25, -0.2) is 0 Å². The average Bonchev–Trinajstić information content (AvgIpc) is 2.75. The van der Waals surface area contributed by atoms with Crippen LogP contribution < -0.4 is 10.1 Å². The van der Waals surface area contributed by atoms with E-state index in [0.717, 1.165) is 11.3 Å². The Labute approximate surface area is 106 Å². The van der Waals surface area contributed by atoms with E-state index in [0.29, 0.717) is 11.8 Å². The molecule has 96 valence electrons. The highest BCUT2D eigenvalue weighted by Gasteiger charge is 2.15. The van der Waals surface area contributed by atoms with E-state index in [9.17, 15) is 0 Å². The Morgan fingerprint density at radius 2 is 1.83 bits per heavy atom. The molecule has 0 fully saturated rings. The van der Waals surface area contributed by atoms with Crippen LogP contribution in [0.5, 0.6) is 5.75 Å². The van der Waals surface area contributed by atoms with Crippen LogP contribution in [-0.4, -0.2) is 22.8 Å². The summed E-state index contributed by atoms with van der Waals surface area (Å²) in [6.45, 7) is 6.10. The lowest BCUT2D eigenvalue weighted by atomic mass is 10.1. The van der Waals surface area contributed by atoms with Gasteiger partial charge in [-0.15, -0.1) is 0 Å². The number of hydrogen-bond donors (Lipinski definition) is 1. The Hall–Kier alpha value is -2.04. The normalized spacial score (nSPS) is 11.3. The first-order chi connectivity index (χ1) is 8.48. The van der Waals surface area contributed by atoms with Crippen LogP contribution in [0.4, 0.5) is 6.01 Å². The molecule has 0 radical (unpaired) electrons. The zero-order valence-electron chi connectivity index (χ0n) is 11.0. The first-order valence-electron chi connectivity index (χ1n) is 5.74. The third kappa shape index (κ3) is 3.00. The fourth-order valence-electron chi connectivity index (χ4n) is 1.45. The summed E-state index contributed by atoms with van der Waals surface area (Å²) < 4.78 is 10.2. The molecular formula is C13H17N3O2. The summed E-state index contributed by atoms with van der Waals surface area (Å²) in [5, 5.41) is 7.07. The van der Waals surface area contributed by atoms with Crippen LogP contribution in [0.2, 0.25) is 0 Å². The maximum absolute atomic E-state index is 5.15. The Kier molecular flexibility index (Phi) is 3.23. The van der Waals surface area contributed by atoms with E-state index in [2.05, 4.69) is 15.5 Å². The predicted octanol–water partition coefficient (Wildman–Crippen LogP) is 2.96. The number of hydrogen-bond acceptors (Lipinski definition) is 5. The van der Waals surface area contributed by atoms with Crippen molar-refractivity contribution >= 4 is 6.01 Å². The fraction of sp³-hybridized carbons (Fsp3) is 0.385. The van der Waals surface area contributed by atoms with Crippen LogP contribution in [0.25, 0.3) is 11.4 Å². The van der Waals surface area contributed by atoms with Crippen molar-refractivity contribution in [1.29, 1.82) is 0 Å². The summed E-state index contributed by atoms with van der Waals surface area (Å²) in [4.78, 5) is 4.29. The summed E-state index contributed by atoms with van der Waals surface area (Å²) in [5.41, 5.74) is 0.783. The Bertz CT molecular complexity index is 512. The van der Waals surface area contributed by atoms with Gasteiger partial charge >= 0.3 is 6.01 Å². The highest BCUT2D eigenvalue weighted by Crippen LogP contribution is 2.21. The molecule has 0 bridgehead atoms. The van der Waals surface area contributed by atoms with E-state index >= 15 is 0 Å². The van der Waals surface area contributed by atoms with Crippen molar-refractivity contribution in [3.63, 3.8) is 0 Å². The summed E-state index contributed by atoms with van der Waals surface area (Å²) in [7, 11) is 1.63. The Balaban J connectivity index is 2.18. The molecular weight excluding hydrogens is 230 g/mol. The highest BCUT2D eigenvalue weighted by molar-refractivity contribution is 5.56. The molecule has 0 spiro atoms. The molecule has 1 N–H and O–H groups in total. The molecule has 0 amide bonds. The van der Waals surface area contributed by atoms with Gasteiger partial charge in [-0.3, -0.25) is 0 Å². The number of aromatic nitrogens is 2. The van der Waals surface area contributed by atoms with Gasteiger partial charge in [0.05, 0.1) is 7.11 Å². The number of nitrogens with one attached hydrogen (secondary N) is 1. The number of anilines is 1. The molecule has 1 aromatic heterocycles. The van der Waals surface area contributed by atoms with Crippen molar-refractivity contribution in [2.75, 3.05) is 12.4 Å². The summed E-state index contributed by atoms with van der Waals surface area (Å²) in [5.74, 6) is 1.36. The fourth-order valence-corrected chi connectivity index (χ4v) is 1.45. The van der Waals surface area contributed by atoms with Crippen LogP contribution >= 0.6 is 0 Å². The van der Waals surface area contributed by atoms with E-state index in [4.69, 9.17) is 9.26 Å². The van der Waals surface area contributed by atoms with E-state index in [1.54, 1.807) is 7.11 Å². The molecule has 0 saturated heterocycles. The molecule has 0 saturated carbocycles. The SMILES string of the molecule is COc1ccc(-c2noc(NC(C)(C)C)n2)cc1. The molecule has 18 heavy (non-hydrogen) atoms. The first-order valence-corrected chi connectivity index (χ1v) is 5.74. The van der Waals surface area contributed by atoms with Crippen molar-refractivity contribution in [2.45, 2.75) is 26.3 Å². The van der Waals surface area contributed by atoms with E-state index < -0.39 is 0 Å². The number of benzene rings is 1. The summed E-state index contributed by atoms with van der Waals surface area (Å²) in [6, 6.07) is 7.94. The van der Waals surface area contributed by atoms with Crippen LogP contribution in [-0.2, 0) is 0 Å². The van der Waals surface area contributed by atoms with Crippen LogP contribution in [0, 0.1) is 0 Å². The predicted molar refractivity (Wildman–Crippen MR) is 69.7 cm³/mol. The lowest BCUT2D eigenvalue weighted by molar-refractivity contribution is 0.414. The van der Waals surface area contributed by atoms with Crippen molar-refractivity contribution < 1.29 is 9.26 Å². The molecule has 0 aliphatic rings. The van der Waals surface area contributed by atoms with Crippen LogP contribution in [0.1, 0.15) is 20.8 Å². The molecule has 0 unspecified atom stereocenters. The monoisotopic (exact) mass is 247 g/mol. The van der Waals surface area contributed by atoms with Crippen molar-refractivity contribution in [3.8, 4) is 17.1 Å². The molecule has 5 nitrogen and oxygen atoms in total. The average molecular weight is 247 g/mol. The van der Waals surface area contributed by atoms with Gasteiger partial charge in [-0.1, -0.05) is 5.16 Å². The molecule has 0 aliphatic heterocycles. The van der Waals surface area contributed by atoms with Gasteiger partial charge in [0.15, 0.2) is 0 Å². The second-order valence-corrected chi connectivity index (χ2v) is 5.03. The van der Waals surface area contributed by atoms with Crippen molar-refractivity contribution in [1.82, 2.24) is 10.1 Å². The topological polar surface area (TPSA) is 60.2 Å². The van der Waals surface area contributed by atoms with E-state index in [-0.39, 0.29) is 5.54 Å². The van der Waals surface area contributed by atoms with Gasteiger partial charge < -0.3 is 14.6 Å². The summed E-state index contributed by atoms with van der Waals surface area (Å²) >= 11 is 0. The molecule has 1 heterocycles. The summed E-state index contributed by atoms with van der Waals surface area (Å²) in [6.07, 6.45) is 0. The van der Waals surface area contributed by atoms with E-state index in [1.807, 2.05) is 45.0 Å². The minimum atomic E-state index is -0.107. The van der Waals surface area contributed by atoms with Gasteiger partial charge in [0.25, 0.3) is 0 Å². The van der Waals surface area contributed by atoms with E-state index in [1.165, 1.54) is 0 Å². The number of ether oxygens (including phenoxy) is 1. The Morgan fingerprint density at radius 3 is 2.39 bits per heavy atom. The smallest absolute Gasteiger partial charge is 0.322 e. The molecule has 2 rings (SSSR count). The molecule has 5 heteroatoms. The van der Waals surface area contributed by atoms with Crippen LogP contribution in [0.15, 0.2) is 28.8 Å². The number of rotatable bonds is 3. The second kappa shape index (κ2) is 4.68. The van der Waals surface area contributed by atoms with Gasteiger partial charge in [0, 0.05) is 11.1 Å². The molecule has 0 atom stereocenters. The number of methoxy groups -OCH3 is 1. The van der Waals surface area contributed by atoms with Gasteiger partial charge in [0.1, 0.15) is 5.75 Å². The van der Waals surface area contributed by atoms with Crippen LogP contribution in [0.3, 0.4) is 0 Å². The zero-order chi connectivity index (χ0) is 13.2.